The van der Waals surface area contributed by atoms with Crippen molar-refractivity contribution in [3.63, 3.8) is 0 Å². The van der Waals surface area contributed by atoms with Crippen molar-refractivity contribution < 1.29 is 14.6 Å². The van der Waals surface area contributed by atoms with Gasteiger partial charge >= 0.3 is 0 Å². The lowest BCUT2D eigenvalue weighted by atomic mass is 9.58. The van der Waals surface area contributed by atoms with Gasteiger partial charge in [-0.2, -0.15) is 0 Å². The van der Waals surface area contributed by atoms with Crippen LogP contribution in [0.15, 0.2) is 54.6 Å². The van der Waals surface area contributed by atoms with Crippen LogP contribution in [0.5, 0.6) is 0 Å². The van der Waals surface area contributed by atoms with Gasteiger partial charge in [-0.15, -0.1) is 0 Å². The number of benzene rings is 2. The van der Waals surface area contributed by atoms with Crippen molar-refractivity contribution in [2.45, 2.75) is 31.5 Å². The second-order valence-electron chi connectivity index (χ2n) is 7.87. The molecule has 2 unspecified atom stereocenters. The van der Waals surface area contributed by atoms with E-state index in [1.807, 2.05) is 59.5 Å². The molecule has 1 aliphatic heterocycles. The number of carbonyl (C=O) groups excluding carboxylic acids is 1. The maximum absolute atomic E-state index is 13.1. The number of nitrogens with zero attached hydrogens (tertiary/aromatic N) is 1. The summed E-state index contributed by atoms with van der Waals surface area (Å²) in [5.74, 6) is 0.0564. The van der Waals surface area contributed by atoms with E-state index in [1.54, 1.807) is 0 Å². The fourth-order valence-electron chi connectivity index (χ4n) is 4.60. The minimum atomic E-state index is -0.339. The average molecular weight is 380 g/mol. The molecule has 28 heavy (non-hydrogen) atoms. The quantitative estimate of drug-likeness (QED) is 0.836. The molecule has 2 atom stereocenters. The second-order valence-corrected chi connectivity index (χ2v) is 7.87. The van der Waals surface area contributed by atoms with Crippen LogP contribution in [0.25, 0.3) is 11.1 Å². The molecule has 0 bridgehead atoms. The molecule has 1 heterocycles. The highest BCUT2D eigenvalue weighted by molar-refractivity contribution is 5.95. The van der Waals surface area contributed by atoms with Gasteiger partial charge in [0.2, 0.25) is 0 Å². The maximum Gasteiger partial charge on any atom is 0.253 e. The first-order chi connectivity index (χ1) is 13.6. The van der Waals surface area contributed by atoms with Crippen molar-refractivity contribution in [1.29, 1.82) is 0 Å². The standard InChI is InChI=1S/C23H28N2O3/c24-11-14-28-21-16-20(26)23(21)9-12-25(13-10-23)22(27)19-8-4-7-18(15-19)17-5-2-1-3-6-17/h1-8,15,20-21,26H,9-14,16,24H2. The fraction of sp³-hybridized carbons (Fsp3) is 0.435. The SMILES string of the molecule is NCCOC1CC(O)C12CCN(C(=O)c1cccc(-c3ccccc3)c1)CC2. The van der Waals surface area contributed by atoms with Crippen LogP contribution in [-0.2, 0) is 4.74 Å². The van der Waals surface area contributed by atoms with Gasteiger partial charge in [0.25, 0.3) is 5.91 Å². The number of aliphatic hydroxyl groups is 1. The molecule has 2 aromatic carbocycles. The number of piperidine rings is 1. The molecule has 1 amide bonds. The van der Waals surface area contributed by atoms with E-state index in [4.69, 9.17) is 10.5 Å². The van der Waals surface area contributed by atoms with Gasteiger partial charge in [0, 0.05) is 37.0 Å². The van der Waals surface area contributed by atoms with Crippen molar-refractivity contribution in [1.82, 2.24) is 4.90 Å². The monoisotopic (exact) mass is 380 g/mol. The van der Waals surface area contributed by atoms with Gasteiger partial charge in [-0.05, 0) is 36.1 Å². The van der Waals surface area contributed by atoms with Crippen molar-refractivity contribution in [3.8, 4) is 11.1 Å². The molecule has 1 spiro atoms. The largest absolute Gasteiger partial charge is 0.392 e. The summed E-state index contributed by atoms with van der Waals surface area (Å²) in [4.78, 5) is 15.0. The van der Waals surface area contributed by atoms with E-state index in [9.17, 15) is 9.90 Å². The Balaban J connectivity index is 1.43. The number of nitrogens with two attached hydrogens (primary N) is 1. The first-order valence-corrected chi connectivity index (χ1v) is 10.1. The third-order valence-electron chi connectivity index (χ3n) is 6.38. The van der Waals surface area contributed by atoms with Crippen LogP contribution in [0.1, 0.15) is 29.6 Å². The summed E-state index contributed by atoms with van der Waals surface area (Å²) in [7, 11) is 0. The molecule has 2 fully saturated rings. The van der Waals surface area contributed by atoms with Crippen molar-refractivity contribution >= 4 is 5.91 Å². The molecule has 2 aromatic rings. The third-order valence-corrected chi connectivity index (χ3v) is 6.38. The van der Waals surface area contributed by atoms with Gasteiger partial charge in [-0.25, -0.2) is 0 Å². The van der Waals surface area contributed by atoms with Gasteiger partial charge in [0.05, 0.1) is 18.8 Å². The lowest BCUT2D eigenvalue weighted by Gasteiger charge is -2.56. The van der Waals surface area contributed by atoms with E-state index in [0.717, 1.165) is 24.0 Å². The zero-order chi connectivity index (χ0) is 19.6. The molecule has 1 saturated carbocycles. The molecule has 1 aliphatic carbocycles. The van der Waals surface area contributed by atoms with Gasteiger partial charge < -0.3 is 20.5 Å². The van der Waals surface area contributed by atoms with Gasteiger partial charge in [-0.3, -0.25) is 4.79 Å². The smallest absolute Gasteiger partial charge is 0.253 e. The number of hydrogen-bond donors (Lipinski definition) is 2. The normalized spacial score (nSPS) is 23.4. The van der Waals surface area contributed by atoms with Crippen molar-refractivity contribution in [2.24, 2.45) is 11.1 Å². The molecule has 4 rings (SSSR count). The van der Waals surface area contributed by atoms with Crippen molar-refractivity contribution in [2.75, 3.05) is 26.2 Å². The second kappa shape index (κ2) is 8.03. The lowest BCUT2D eigenvalue weighted by Crippen LogP contribution is -2.62. The Morgan fingerprint density at radius 1 is 1.11 bits per heavy atom. The fourth-order valence-corrected chi connectivity index (χ4v) is 4.60. The minimum Gasteiger partial charge on any atom is -0.392 e. The molecular formula is C23H28N2O3. The Labute approximate surface area is 166 Å². The highest BCUT2D eigenvalue weighted by Gasteiger charge is 2.56. The van der Waals surface area contributed by atoms with E-state index < -0.39 is 0 Å². The molecule has 5 heteroatoms. The number of ether oxygens (including phenoxy) is 1. The van der Waals surface area contributed by atoms with E-state index in [0.29, 0.717) is 38.2 Å². The highest BCUT2D eigenvalue weighted by Crippen LogP contribution is 2.51. The molecule has 0 radical (unpaired) electrons. The molecule has 148 valence electrons. The molecule has 3 N–H and O–H groups in total. The first-order valence-electron chi connectivity index (χ1n) is 10.1. The summed E-state index contributed by atoms with van der Waals surface area (Å²) < 4.78 is 5.85. The van der Waals surface area contributed by atoms with Crippen LogP contribution < -0.4 is 5.73 Å². The van der Waals surface area contributed by atoms with Gasteiger partial charge in [-0.1, -0.05) is 42.5 Å². The summed E-state index contributed by atoms with van der Waals surface area (Å²) in [6.07, 6.45) is 1.94. The number of hydrogen-bond acceptors (Lipinski definition) is 4. The van der Waals surface area contributed by atoms with E-state index in [1.165, 1.54) is 0 Å². The Kier molecular flexibility index (Phi) is 5.49. The predicted octanol–water partition coefficient (Wildman–Crippen LogP) is 2.68. The highest BCUT2D eigenvalue weighted by atomic mass is 16.5. The van der Waals surface area contributed by atoms with E-state index in [2.05, 4.69) is 0 Å². The third kappa shape index (κ3) is 3.46. The number of amides is 1. The summed E-state index contributed by atoms with van der Waals surface area (Å²) in [6.45, 7) is 2.31. The Hall–Kier alpha value is -2.21. The molecular weight excluding hydrogens is 352 g/mol. The average Bonchev–Trinajstić information content (AvgIpc) is 2.77. The Morgan fingerprint density at radius 2 is 1.82 bits per heavy atom. The summed E-state index contributed by atoms with van der Waals surface area (Å²) in [5.41, 5.74) is 8.20. The van der Waals surface area contributed by atoms with Crippen molar-refractivity contribution in [3.05, 3.63) is 60.2 Å². The minimum absolute atomic E-state index is 0.0564. The molecule has 1 saturated heterocycles. The van der Waals surface area contributed by atoms with Crippen LogP contribution >= 0.6 is 0 Å². The molecule has 0 aromatic heterocycles. The van der Waals surface area contributed by atoms with E-state index in [-0.39, 0.29) is 23.5 Å². The summed E-state index contributed by atoms with van der Waals surface area (Å²) >= 11 is 0. The van der Waals surface area contributed by atoms with Crippen LogP contribution in [0, 0.1) is 5.41 Å². The summed E-state index contributed by atoms with van der Waals surface area (Å²) in [6, 6.07) is 17.9. The van der Waals surface area contributed by atoms with Crippen LogP contribution in [-0.4, -0.2) is 54.4 Å². The van der Waals surface area contributed by atoms with E-state index >= 15 is 0 Å². The topological polar surface area (TPSA) is 75.8 Å². The number of rotatable bonds is 5. The van der Waals surface area contributed by atoms with Crippen LogP contribution in [0.4, 0.5) is 0 Å². The lowest BCUT2D eigenvalue weighted by molar-refractivity contribution is -0.207. The van der Waals surface area contributed by atoms with Gasteiger partial charge in [0.1, 0.15) is 0 Å². The maximum atomic E-state index is 13.1. The van der Waals surface area contributed by atoms with Crippen LogP contribution in [0.3, 0.4) is 0 Å². The number of likely N-dealkylation sites (tertiary alicyclic amines) is 1. The van der Waals surface area contributed by atoms with Crippen LogP contribution in [0.2, 0.25) is 0 Å². The number of carbonyl (C=O) groups is 1. The zero-order valence-corrected chi connectivity index (χ0v) is 16.1. The zero-order valence-electron chi connectivity index (χ0n) is 16.1. The predicted molar refractivity (Wildman–Crippen MR) is 109 cm³/mol. The number of aliphatic hydroxyl groups excluding tert-OH is 1. The first kappa shape index (κ1) is 19.1. The van der Waals surface area contributed by atoms with Gasteiger partial charge in [0.15, 0.2) is 0 Å². The summed E-state index contributed by atoms with van der Waals surface area (Å²) in [5, 5.41) is 10.4. The molecule has 2 aliphatic rings. The Morgan fingerprint density at radius 3 is 2.50 bits per heavy atom. The molecule has 5 nitrogen and oxygen atoms in total. The Bertz CT molecular complexity index is 816.